The summed E-state index contributed by atoms with van der Waals surface area (Å²) < 4.78 is 1.72. The van der Waals surface area contributed by atoms with Crippen LogP contribution in [0.2, 0.25) is 0 Å². The molecule has 1 fully saturated rings. The molecule has 0 bridgehead atoms. The summed E-state index contributed by atoms with van der Waals surface area (Å²) in [6.07, 6.45) is 5.65. The molecular formula is C18H18N4O2. The van der Waals surface area contributed by atoms with Crippen molar-refractivity contribution in [3.05, 3.63) is 65.7 Å². The van der Waals surface area contributed by atoms with Crippen LogP contribution >= 0.6 is 0 Å². The van der Waals surface area contributed by atoms with E-state index in [1.165, 1.54) is 0 Å². The standard InChI is InChI=1S/C18H18N4O2/c1-13-5-2-3-6-14(13)18(24)7-10-22(12-18)16(23)15-11-21-9-4-8-19-17(21)20-15/h2-6,8-9,11,24H,7,10,12H2,1H3/t18-/m1/s1. The molecule has 3 heterocycles. The fraction of sp³-hybridized carbons (Fsp3) is 0.278. The second-order valence-electron chi connectivity index (χ2n) is 6.28. The minimum Gasteiger partial charge on any atom is -0.383 e. The number of likely N-dealkylation sites (tertiary alicyclic amines) is 1. The van der Waals surface area contributed by atoms with Crippen molar-refractivity contribution in [1.29, 1.82) is 0 Å². The molecule has 3 aromatic rings. The van der Waals surface area contributed by atoms with Gasteiger partial charge in [-0.1, -0.05) is 24.3 Å². The predicted octanol–water partition coefficient (Wildman–Crippen LogP) is 1.77. The number of rotatable bonds is 2. The van der Waals surface area contributed by atoms with Crippen LogP contribution < -0.4 is 0 Å². The van der Waals surface area contributed by atoms with Crippen molar-refractivity contribution in [2.75, 3.05) is 13.1 Å². The van der Waals surface area contributed by atoms with Crippen LogP contribution in [0.3, 0.4) is 0 Å². The van der Waals surface area contributed by atoms with E-state index in [9.17, 15) is 9.90 Å². The maximum absolute atomic E-state index is 12.7. The van der Waals surface area contributed by atoms with Gasteiger partial charge in [-0.05, 0) is 30.5 Å². The fourth-order valence-electron chi connectivity index (χ4n) is 3.38. The number of fused-ring (bicyclic) bond motifs is 1. The van der Waals surface area contributed by atoms with Gasteiger partial charge in [-0.3, -0.25) is 9.20 Å². The van der Waals surface area contributed by atoms with E-state index in [1.807, 2.05) is 31.2 Å². The summed E-state index contributed by atoms with van der Waals surface area (Å²) in [4.78, 5) is 22.8. The first kappa shape index (κ1) is 14.8. The van der Waals surface area contributed by atoms with Crippen molar-refractivity contribution in [1.82, 2.24) is 19.3 Å². The Balaban J connectivity index is 1.60. The van der Waals surface area contributed by atoms with Crippen molar-refractivity contribution >= 4 is 11.7 Å². The first-order chi connectivity index (χ1) is 11.6. The van der Waals surface area contributed by atoms with E-state index in [0.717, 1.165) is 11.1 Å². The molecule has 1 aliphatic heterocycles. The van der Waals surface area contributed by atoms with Gasteiger partial charge in [0.15, 0.2) is 0 Å². The number of imidazole rings is 1. The fourth-order valence-corrected chi connectivity index (χ4v) is 3.38. The molecule has 24 heavy (non-hydrogen) atoms. The van der Waals surface area contributed by atoms with E-state index in [1.54, 1.807) is 34.0 Å². The van der Waals surface area contributed by atoms with Gasteiger partial charge in [0.1, 0.15) is 11.3 Å². The highest BCUT2D eigenvalue weighted by Gasteiger charge is 2.41. The molecular weight excluding hydrogens is 304 g/mol. The van der Waals surface area contributed by atoms with Crippen molar-refractivity contribution in [3.8, 4) is 0 Å². The monoisotopic (exact) mass is 322 g/mol. The molecule has 0 aliphatic carbocycles. The Bertz CT molecular complexity index is 887. The third kappa shape index (κ3) is 2.35. The molecule has 0 radical (unpaired) electrons. The van der Waals surface area contributed by atoms with Gasteiger partial charge in [0.2, 0.25) is 5.78 Å². The molecule has 2 aromatic heterocycles. The Kier molecular flexibility index (Phi) is 3.35. The average Bonchev–Trinajstić information content (AvgIpc) is 3.19. The van der Waals surface area contributed by atoms with Gasteiger partial charge in [-0.2, -0.15) is 0 Å². The summed E-state index contributed by atoms with van der Waals surface area (Å²) in [6, 6.07) is 9.56. The third-order valence-corrected chi connectivity index (χ3v) is 4.64. The highest BCUT2D eigenvalue weighted by Crippen LogP contribution is 2.34. The van der Waals surface area contributed by atoms with Gasteiger partial charge in [0.25, 0.3) is 5.91 Å². The molecule has 0 saturated carbocycles. The molecule has 1 N–H and O–H groups in total. The first-order valence-corrected chi connectivity index (χ1v) is 7.94. The molecule has 4 rings (SSSR count). The number of aliphatic hydroxyl groups is 1. The second kappa shape index (κ2) is 5.42. The van der Waals surface area contributed by atoms with E-state index >= 15 is 0 Å². The Morgan fingerprint density at radius 2 is 2.12 bits per heavy atom. The van der Waals surface area contributed by atoms with Crippen molar-refractivity contribution in [2.24, 2.45) is 0 Å². The minimum atomic E-state index is -1.00. The lowest BCUT2D eigenvalue weighted by Crippen LogP contribution is -2.35. The smallest absolute Gasteiger partial charge is 0.274 e. The quantitative estimate of drug-likeness (QED) is 0.780. The number of β-amino-alcohol motifs (C(OH)–C–C–N with tert-alkyl or cyclic N) is 1. The number of nitrogens with zero attached hydrogens (tertiary/aromatic N) is 4. The first-order valence-electron chi connectivity index (χ1n) is 7.94. The summed E-state index contributed by atoms with van der Waals surface area (Å²) in [6.45, 7) is 2.76. The predicted molar refractivity (Wildman–Crippen MR) is 88.6 cm³/mol. The second-order valence-corrected chi connectivity index (χ2v) is 6.28. The van der Waals surface area contributed by atoms with E-state index in [2.05, 4.69) is 9.97 Å². The summed E-state index contributed by atoms with van der Waals surface area (Å²) >= 11 is 0. The van der Waals surface area contributed by atoms with Crippen LogP contribution in [0.15, 0.2) is 48.9 Å². The summed E-state index contributed by atoms with van der Waals surface area (Å²) in [7, 11) is 0. The van der Waals surface area contributed by atoms with Crippen LogP contribution in [0.5, 0.6) is 0 Å². The Morgan fingerprint density at radius 1 is 1.29 bits per heavy atom. The van der Waals surface area contributed by atoms with E-state index in [-0.39, 0.29) is 12.5 Å². The number of amides is 1. The van der Waals surface area contributed by atoms with Crippen LogP contribution in [0.4, 0.5) is 0 Å². The lowest BCUT2D eigenvalue weighted by molar-refractivity contribution is 0.0411. The van der Waals surface area contributed by atoms with Gasteiger partial charge < -0.3 is 10.0 Å². The van der Waals surface area contributed by atoms with Crippen LogP contribution in [-0.4, -0.2) is 43.4 Å². The molecule has 1 amide bonds. The summed E-state index contributed by atoms with van der Waals surface area (Å²) in [5.74, 6) is 0.319. The maximum Gasteiger partial charge on any atom is 0.274 e. The van der Waals surface area contributed by atoms with Crippen LogP contribution in [0, 0.1) is 6.92 Å². The maximum atomic E-state index is 12.7. The zero-order chi connectivity index (χ0) is 16.7. The molecule has 1 atom stereocenters. The highest BCUT2D eigenvalue weighted by molar-refractivity contribution is 5.93. The van der Waals surface area contributed by atoms with E-state index < -0.39 is 5.60 Å². The van der Waals surface area contributed by atoms with Gasteiger partial charge in [0, 0.05) is 25.1 Å². The van der Waals surface area contributed by atoms with Gasteiger partial charge in [0.05, 0.1) is 6.54 Å². The zero-order valence-electron chi connectivity index (χ0n) is 13.4. The zero-order valence-corrected chi connectivity index (χ0v) is 13.4. The summed E-state index contributed by atoms with van der Waals surface area (Å²) in [5, 5.41) is 11.0. The number of aromatic nitrogens is 3. The van der Waals surface area contributed by atoms with Crippen molar-refractivity contribution < 1.29 is 9.90 Å². The van der Waals surface area contributed by atoms with E-state index in [4.69, 9.17) is 0 Å². The van der Waals surface area contributed by atoms with Gasteiger partial charge in [-0.25, -0.2) is 9.97 Å². The van der Waals surface area contributed by atoms with Gasteiger partial charge in [-0.15, -0.1) is 0 Å². The van der Waals surface area contributed by atoms with Crippen LogP contribution in [-0.2, 0) is 5.60 Å². The number of hydrogen-bond acceptors (Lipinski definition) is 4. The lowest BCUT2D eigenvalue weighted by atomic mass is 9.89. The molecule has 122 valence electrons. The average molecular weight is 322 g/mol. The number of benzene rings is 1. The third-order valence-electron chi connectivity index (χ3n) is 4.64. The van der Waals surface area contributed by atoms with Crippen LogP contribution in [0.1, 0.15) is 28.0 Å². The lowest BCUT2D eigenvalue weighted by Gasteiger charge is -2.25. The molecule has 6 nitrogen and oxygen atoms in total. The Morgan fingerprint density at radius 3 is 2.92 bits per heavy atom. The molecule has 1 aromatic carbocycles. The topological polar surface area (TPSA) is 70.7 Å². The molecule has 0 unspecified atom stereocenters. The summed E-state index contributed by atoms with van der Waals surface area (Å²) in [5.41, 5.74) is 1.27. The number of carbonyl (C=O) groups excluding carboxylic acids is 1. The normalized spacial score (nSPS) is 20.7. The largest absolute Gasteiger partial charge is 0.383 e. The number of aryl methyl sites for hydroxylation is 1. The highest BCUT2D eigenvalue weighted by atomic mass is 16.3. The molecule has 0 spiro atoms. The Labute approximate surface area is 139 Å². The molecule has 1 aliphatic rings. The minimum absolute atomic E-state index is 0.176. The molecule has 1 saturated heterocycles. The Hall–Kier alpha value is -2.73. The van der Waals surface area contributed by atoms with Gasteiger partial charge >= 0.3 is 0 Å². The van der Waals surface area contributed by atoms with Crippen LogP contribution in [0.25, 0.3) is 5.78 Å². The molecule has 6 heteroatoms. The number of hydrogen-bond donors (Lipinski definition) is 1. The SMILES string of the molecule is Cc1ccccc1[C@@]1(O)CCN(C(=O)c2cn3cccnc3n2)C1. The number of carbonyl (C=O) groups is 1. The van der Waals surface area contributed by atoms with E-state index in [0.29, 0.717) is 24.4 Å². The van der Waals surface area contributed by atoms with Crippen molar-refractivity contribution in [3.63, 3.8) is 0 Å². The van der Waals surface area contributed by atoms with Crippen molar-refractivity contribution in [2.45, 2.75) is 18.9 Å².